The van der Waals surface area contributed by atoms with E-state index < -0.39 is 0 Å². The highest BCUT2D eigenvalue weighted by atomic mass is 35.5. The van der Waals surface area contributed by atoms with Crippen molar-refractivity contribution >= 4 is 18.3 Å². The maximum atomic E-state index is 11.7. The molecule has 1 atom stereocenters. The lowest BCUT2D eigenvalue weighted by molar-refractivity contribution is -0.123. The van der Waals surface area contributed by atoms with Crippen molar-refractivity contribution in [2.24, 2.45) is 5.92 Å². The Morgan fingerprint density at radius 2 is 1.96 bits per heavy atom. The van der Waals surface area contributed by atoms with Crippen molar-refractivity contribution in [1.82, 2.24) is 10.6 Å². The molecule has 2 N–H and O–H groups in total. The predicted octanol–water partition coefficient (Wildman–Crippen LogP) is 2.39. The molecule has 0 saturated carbocycles. The van der Waals surface area contributed by atoms with Gasteiger partial charge < -0.3 is 20.1 Å². The van der Waals surface area contributed by atoms with E-state index in [1.165, 1.54) is 6.42 Å². The standard InChI is InChI=1S/C17H26N2O3.ClH/c1-2-11-21-15-3-5-16(6-4-15)22-13-17(20)19-10-8-14-7-9-18-12-14;/h3-6,14,18H,2,7-13H2,1H3,(H,19,20);1H. The van der Waals surface area contributed by atoms with Crippen LogP contribution in [0.25, 0.3) is 0 Å². The number of carbonyl (C=O) groups is 1. The van der Waals surface area contributed by atoms with Gasteiger partial charge in [0.25, 0.3) is 5.91 Å². The van der Waals surface area contributed by atoms with Crippen molar-refractivity contribution in [2.45, 2.75) is 26.2 Å². The topological polar surface area (TPSA) is 59.6 Å². The molecule has 2 rings (SSSR count). The second-order valence-corrected chi connectivity index (χ2v) is 5.61. The van der Waals surface area contributed by atoms with Crippen LogP contribution in [0.15, 0.2) is 24.3 Å². The zero-order chi connectivity index (χ0) is 15.6. The molecule has 1 amide bonds. The van der Waals surface area contributed by atoms with E-state index in [0.29, 0.717) is 18.3 Å². The van der Waals surface area contributed by atoms with Crippen molar-refractivity contribution in [1.29, 1.82) is 0 Å². The first kappa shape index (κ1) is 19.6. The van der Waals surface area contributed by atoms with Crippen LogP contribution in [0, 0.1) is 5.92 Å². The lowest BCUT2D eigenvalue weighted by Crippen LogP contribution is -2.30. The van der Waals surface area contributed by atoms with Crippen LogP contribution in [-0.2, 0) is 4.79 Å². The minimum Gasteiger partial charge on any atom is -0.494 e. The summed E-state index contributed by atoms with van der Waals surface area (Å²) in [5.74, 6) is 2.12. The van der Waals surface area contributed by atoms with Gasteiger partial charge in [-0.05, 0) is 62.5 Å². The zero-order valence-corrected chi connectivity index (χ0v) is 14.5. The summed E-state index contributed by atoms with van der Waals surface area (Å²) in [4.78, 5) is 11.7. The normalized spacial score (nSPS) is 16.5. The van der Waals surface area contributed by atoms with Crippen LogP contribution < -0.4 is 20.1 Å². The number of hydrogen-bond acceptors (Lipinski definition) is 4. The molecule has 5 nitrogen and oxygen atoms in total. The number of rotatable bonds is 9. The average molecular weight is 343 g/mol. The van der Waals surface area contributed by atoms with Crippen LogP contribution in [0.5, 0.6) is 11.5 Å². The Morgan fingerprint density at radius 1 is 1.26 bits per heavy atom. The number of carbonyl (C=O) groups excluding carboxylic acids is 1. The fourth-order valence-corrected chi connectivity index (χ4v) is 2.43. The zero-order valence-electron chi connectivity index (χ0n) is 13.7. The van der Waals surface area contributed by atoms with Crippen molar-refractivity contribution in [3.63, 3.8) is 0 Å². The van der Waals surface area contributed by atoms with E-state index >= 15 is 0 Å². The summed E-state index contributed by atoms with van der Waals surface area (Å²) in [7, 11) is 0. The Hall–Kier alpha value is -1.46. The Labute approximate surface area is 144 Å². The molecule has 1 aliphatic heterocycles. The first-order chi connectivity index (χ1) is 10.8. The monoisotopic (exact) mass is 342 g/mol. The van der Waals surface area contributed by atoms with E-state index in [2.05, 4.69) is 17.6 Å². The second kappa shape index (κ2) is 11.1. The summed E-state index contributed by atoms with van der Waals surface area (Å²) in [6.07, 6.45) is 3.22. The highest BCUT2D eigenvalue weighted by Crippen LogP contribution is 2.17. The van der Waals surface area contributed by atoms with Crippen molar-refractivity contribution in [3.8, 4) is 11.5 Å². The molecule has 1 aromatic rings. The van der Waals surface area contributed by atoms with Gasteiger partial charge in [-0.15, -0.1) is 12.4 Å². The molecule has 1 fully saturated rings. The van der Waals surface area contributed by atoms with E-state index in [0.717, 1.165) is 38.2 Å². The lowest BCUT2D eigenvalue weighted by Gasteiger charge is -2.10. The van der Waals surface area contributed by atoms with E-state index in [1.807, 2.05) is 24.3 Å². The molecule has 6 heteroatoms. The predicted molar refractivity (Wildman–Crippen MR) is 93.6 cm³/mol. The third-order valence-electron chi connectivity index (χ3n) is 3.70. The summed E-state index contributed by atoms with van der Waals surface area (Å²) >= 11 is 0. The SMILES string of the molecule is CCCOc1ccc(OCC(=O)NCCC2CCNC2)cc1.Cl. The van der Waals surface area contributed by atoms with Crippen LogP contribution in [-0.4, -0.2) is 38.8 Å². The summed E-state index contributed by atoms with van der Waals surface area (Å²) in [5, 5.41) is 6.23. The van der Waals surface area contributed by atoms with E-state index in [4.69, 9.17) is 9.47 Å². The van der Waals surface area contributed by atoms with E-state index in [9.17, 15) is 4.79 Å². The van der Waals surface area contributed by atoms with Gasteiger partial charge in [0, 0.05) is 6.54 Å². The second-order valence-electron chi connectivity index (χ2n) is 5.61. The quantitative estimate of drug-likeness (QED) is 0.723. The molecule has 23 heavy (non-hydrogen) atoms. The number of ether oxygens (including phenoxy) is 2. The lowest BCUT2D eigenvalue weighted by atomic mass is 10.1. The van der Waals surface area contributed by atoms with Crippen molar-refractivity contribution < 1.29 is 14.3 Å². The van der Waals surface area contributed by atoms with Gasteiger partial charge in [0.15, 0.2) is 6.61 Å². The van der Waals surface area contributed by atoms with E-state index in [1.54, 1.807) is 0 Å². The molecule has 1 unspecified atom stereocenters. The highest BCUT2D eigenvalue weighted by Gasteiger charge is 2.14. The first-order valence-corrected chi connectivity index (χ1v) is 8.11. The number of amides is 1. The highest BCUT2D eigenvalue weighted by molar-refractivity contribution is 5.85. The summed E-state index contributed by atoms with van der Waals surface area (Å²) in [6, 6.07) is 7.36. The van der Waals surface area contributed by atoms with Crippen LogP contribution in [0.4, 0.5) is 0 Å². The average Bonchev–Trinajstić information content (AvgIpc) is 3.05. The summed E-state index contributed by atoms with van der Waals surface area (Å²) in [5.41, 5.74) is 0. The minimum absolute atomic E-state index is 0. The number of nitrogens with one attached hydrogen (secondary N) is 2. The minimum atomic E-state index is -0.0720. The Kier molecular flexibility index (Phi) is 9.48. The van der Waals surface area contributed by atoms with Gasteiger partial charge >= 0.3 is 0 Å². The molecule has 0 spiro atoms. The molecule has 0 aromatic heterocycles. The Bertz CT molecular complexity index is 448. The Morgan fingerprint density at radius 3 is 2.57 bits per heavy atom. The molecular weight excluding hydrogens is 316 g/mol. The van der Waals surface area contributed by atoms with Crippen molar-refractivity contribution in [2.75, 3.05) is 32.8 Å². The summed E-state index contributed by atoms with van der Waals surface area (Å²) < 4.78 is 11.0. The smallest absolute Gasteiger partial charge is 0.257 e. The third kappa shape index (κ3) is 7.57. The molecular formula is C17H27ClN2O3. The number of benzene rings is 1. The first-order valence-electron chi connectivity index (χ1n) is 8.11. The number of hydrogen-bond donors (Lipinski definition) is 2. The van der Waals surface area contributed by atoms with Gasteiger partial charge in [-0.3, -0.25) is 4.79 Å². The fraction of sp³-hybridized carbons (Fsp3) is 0.588. The van der Waals surface area contributed by atoms with Crippen LogP contribution >= 0.6 is 12.4 Å². The van der Waals surface area contributed by atoms with Gasteiger partial charge in [-0.1, -0.05) is 6.92 Å². The van der Waals surface area contributed by atoms with Gasteiger partial charge in [0.2, 0.25) is 0 Å². The molecule has 1 saturated heterocycles. The van der Waals surface area contributed by atoms with Gasteiger partial charge in [-0.25, -0.2) is 0 Å². The molecule has 1 aromatic carbocycles. The molecule has 1 heterocycles. The third-order valence-corrected chi connectivity index (χ3v) is 3.70. The molecule has 0 radical (unpaired) electrons. The largest absolute Gasteiger partial charge is 0.494 e. The molecule has 130 valence electrons. The van der Waals surface area contributed by atoms with Crippen LogP contribution in [0.1, 0.15) is 26.2 Å². The van der Waals surface area contributed by atoms with Gasteiger partial charge in [-0.2, -0.15) is 0 Å². The summed E-state index contributed by atoms with van der Waals surface area (Å²) in [6.45, 7) is 5.72. The van der Waals surface area contributed by atoms with Crippen LogP contribution in [0.3, 0.4) is 0 Å². The van der Waals surface area contributed by atoms with Gasteiger partial charge in [0.1, 0.15) is 11.5 Å². The van der Waals surface area contributed by atoms with Crippen LogP contribution in [0.2, 0.25) is 0 Å². The molecule has 0 aliphatic carbocycles. The van der Waals surface area contributed by atoms with Crippen molar-refractivity contribution in [3.05, 3.63) is 24.3 Å². The molecule has 1 aliphatic rings. The van der Waals surface area contributed by atoms with Gasteiger partial charge in [0.05, 0.1) is 6.61 Å². The van der Waals surface area contributed by atoms with E-state index in [-0.39, 0.29) is 24.9 Å². The Balaban J connectivity index is 0.00000264. The maximum absolute atomic E-state index is 11.7. The molecule has 0 bridgehead atoms. The fourth-order valence-electron chi connectivity index (χ4n) is 2.43. The number of halogens is 1. The maximum Gasteiger partial charge on any atom is 0.257 e.